The minimum absolute atomic E-state index is 0.300. The number of hydrogen-bond acceptors (Lipinski definition) is 3. The molecule has 1 aliphatic heterocycles. The molecule has 112 valence electrons. The van der Waals surface area contributed by atoms with Crippen molar-refractivity contribution in [1.29, 1.82) is 0 Å². The zero-order valence-corrected chi connectivity index (χ0v) is 12.9. The molecule has 1 N–H and O–H groups in total. The van der Waals surface area contributed by atoms with Crippen LogP contribution in [0.1, 0.15) is 49.8 Å². The van der Waals surface area contributed by atoms with Crippen LogP contribution in [0.25, 0.3) is 0 Å². The summed E-state index contributed by atoms with van der Waals surface area (Å²) >= 11 is 0. The van der Waals surface area contributed by atoms with E-state index in [4.69, 9.17) is 9.47 Å². The van der Waals surface area contributed by atoms with E-state index in [-0.39, 0.29) is 0 Å². The Hall–Kier alpha value is -1.06. The molecule has 3 heteroatoms. The Bertz CT molecular complexity index is 413. The third-order valence-electron chi connectivity index (χ3n) is 4.05. The van der Waals surface area contributed by atoms with E-state index < -0.39 is 0 Å². The summed E-state index contributed by atoms with van der Waals surface area (Å²) in [5, 5.41) is 3.58. The van der Waals surface area contributed by atoms with Crippen LogP contribution in [0.2, 0.25) is 0 Å². The number of nitrogens with one attached hydrogen (secondary N) is 1. The molecule has 1 aromatic carbocycles. The molecule has 20 heavy (non-hydrogen) atoms. The number of methoxy groups -OCH3 is 1. The molecule has 0 saturated carbocycles. The van der Waals surface area contributed by atoms with Crippen LogP contribution in [-0.4, -0.2) is 26.4 Å². The fraction of sp³-hybridized carbons (Fsp3) is 0.647. The first-order valence-electron chi connectivity index (χ1n) is 7.70. The lowest BCUT2D eigenvalue weighted by atomic mass is 10.0. The third-order valence-corrected chi connectivity index (χ3v) is 4.05. The number of ether oxygens (including phenoxy) is 2. The van der Waals surface area contributed by atoms with Gasteiger partial charge in [0.05, 0.1) is 13.2 Å². The lowest BCUT2D eigenvalue weighted by molar-refractivity contribution is 0.0112. The van der Waals surface area contributed by atoms with Crippen LogP contribution in [0.3, 0.4) is 0 Å². The van der Waals surface area contributed by atoms with Crippen molar-refractivity contribution < 1.29 is 9.47 Å². The molecule has 3 nitrogen and oxygen atoms in total. The van der Waals surface area contributed by atoms with Crippen LogP contribution in [0.15, 0.2) is 18.2 Å². The van der Waals surface area contributed by atoms with Gasteiger partial charge in [-0.1, -0.05) is 12.1 Å². The summed E-state index contributed by atoms with van der Waals surface area (Å²) in [7, 11) is 1.74. The van der Waals surface area contributed by atoms with Crippen molar-refractivity contribution in [2.75, 3.05) is 20.3 Å². The van der Waals surface area contributed by atoms with Crippen molar-refractivity contribution in [2.24, 2.45) is 0 Å². The quantitative estimate of drug-likeness (QED) is 0.861. The van der Waals surface area contributed by atoms with Crippen LogP contribution >= 0.6 is 0 Å². The van der Waals surface area contributed by atoms with Crippen LogP contribution < -0.4 is 10.1 Å². The zero-order chi connectivity index (χ0) is 14.4. The maximum atomic E-state index is 5.76. The Labute approximate surface area is 122 Å². The number of aryl methyl sites for hydroxylation is 1. The van der Waals surface area contributed by atoms with Gasteiger partial charge in [0, 0.05) is 18.2 Å². The highest BCUT2D eigenvalue weighted by Gasteiger charge is 2.15. The molecule has 1 aliphatic rings. The summed E-state index contributed by atoms with van der Waals surface area (Å²) in [5.74, 6) is 0.971. The van der Waals surface area contributed by atoms with Gasteiger partial charge in [-0.3, -0.25) is 0 Å². The van der Waals surface area contributed by atoms with Gasteiger partial charge >= 0.3 is 0 Å². The predicted octanol–water partition coefficient (Wildman–Crippen LogP) is 3.61. The minimum Gasteiger partial charge on any atom is -0.496 e. The highest BCUT2D eigenvalue weighted by Crippen LogP contribution is 2.26. The molecule has 1 aromatic rings. The van der Waals surface area contributed by atoms with Gasteiger partial charge in [0.1, 0.15) is 5.75 Å². The van der Waals surface area contributed by atoms with Crippen molar-refractivity contribution in [3.63, 3.8) is 0 Å². The zero-order valence-electron chi connectivity index (χ0n) is 12.9. The molecule has 2 atom stereocenters. The number of benzene rings is 1. The van der Waals surface area contributed by atoms with Gasteiger partial charge in [0.2, 0.25) is 0 Å². The molecule has 0 amide bonds. The van der Waals surface area contributed by atoms with E-state index in [1.165, 1.54) is 30.4 Å². The topological polar surface area (TPSA) is 30.5 Å². The molecule has 0 bridgehead atoms. The standard InChI is InChI=1S/C17H27NO2/c1-13-7-8-16(17(12-13)19-3)14(2)18-10-9-15-6-4-5-11-20-15/h7-8,12,14-15,18H,4-6,9-11H2,1-3H3. The van der Waals surface area contributed by atoms with Crippen LogP contribution in [0, 0.1) is 6.92 Å². The van der Waals surface area contributed by atoms with E-state index in [2.05, 4.69) is 37.4 Å². The molecule has 0 spiro atoms. The van der Waals surface area contributed by atoms with E-state index in [0.717, 1.165) is 25.3 Å². The molecule has 2 rings (SSSR count). The first-order valence-corrected chi connectivity index (χ1v) is 7.70. The molecule has 1 heterocycles. The summed E-state index contributed by atoms with van der Waals surface area (Å²) in [4.78, 5) is 0. The first kappa shape index (κ1) is 15.3. The van der Waals surface area contributed by atoms with Gasteiger partial charge < -0.3 is 14.8 Å². The van der Waals surface area contributed by atoms with Gasteiger partial charge in [-0.2, -0.15) is 0 Å². The average molecular weight is 277 g/mol. The molecule has 1 saturated heterocycles. The Morgan fingerprint density at radius 1 is 1.40 bits per heavy atom. The van der Waals surface area contributed by atoms with Gasteiger partial charge in [-0.15, -0.1) is 0 Å². The summed E-state index contributed by atoms with van der Waals surface area (Å²) in [5.41, 5.74) is 2.45. The molecule has 2 unspecified atom stereocenters. The second-order valence-corrected chi connectivity index (χ2v) is 5.70. The molecule has 1 fully saturated rings. The van der Waals surface area contributed by atoms with Gasteiger partial charge in [-0.25, -0.2) is 0 Å². The van der Waals surface area contributed by atoms with Crippen LogP contribution in [0.4, 0.5) is 0 Å². The minimum atomic E-state index is 0.300. The largest absolute Gasteiger partial charge is 0.496 e. The van der Waals surface area contributed by atoms with Crippen molar-refractivity contribution >= 4 is 0 Å². The van der Waals surface area contributed by atoms with E-state index in [1.54, 1.807) is 7.11 Å². The van der Waals surface area contributed by atoms with E-state index in [0.29, 0.717) is 12.1 Å². The van der Waals surface area contributed by atoms with Crippen molar-refractivity contribution in [2.45, 2.75) is 51.7 Å². The first-order chi connectivity index (χ1) is 9.70. The SMILES string of the molecule is COc1cc(C)ccc1C(C)NCCC1CCCCO1. The van der Waals surface area contributed by atoms with E-state index in [9.17, 15) is 0 Å². The van der Waals surface area contributed by atoms with E-state index >= 15 is 0 Å². The van der Waals surface area contributed by atoms with Crippen molar-refractivity contribution in [3.8, 4) is 5.75 Å². The third kappa shape index (κ3) is 4.22. The second kappa shape index (κ2) is 7.65. The van der Waals surface area contributed by atoms with Gasteiger partial charge in [-0.05, 0) is 57.7 Å². The Kier molecular flexibility index (Phi) is 5.86. The smallest absolute Gasteiger partial charge is 0.123 e. The maximum absolute atomic E-state index is 5.76. The molecular formula is C17H27NO2. The summed E-state index contributed by atoms with van der Waals surface area (Å²) in [6.07, 6.45) is 5.29. The van der Waals surface area contributed by atoms with Crippen molar-refractivity contribution in [3.05, 3.63) is 29.3 Å². The molecule has 0 aromatic heterocycles. The van der Waals surface area contributed by atoms with Crippen LogP contribution in [0.5, 0.6) is 5.75 Å². The monoisotopic (exact) mass is 277 g/mol. The Morgan fingerprint density at radius 3 is 2.95 bits per heavy atom. The highest BCUT2D eigenvalue weighted by atomic mass is 16.5. The van der Waals surface area contributed by atoms with Gasteiger partial charge in [0.15, 0.2) is 0 Å². The van der Waals surface area contributed by atoms with E-state index in [1.807, 2.05) is 0 Å². The van der Waals surface area contributed by atoms with Gasteiger partial charge in [0.25, 0.3) is 0 Å². The summed E-state index contributed by atoms with van der Waals surface area (Å²) in [6, 6.07) is 6.69. The summed E-state index contributed by atoms with van der Waals surface area (Å²) < 4.78 is 11.2. The highest BCUT2D eigenvalue weighted by molar-refractivity contribution is 5.38. The molecular weight excluding hydrogens is 250 g/mol. The Morgan fingerprint density at radius 2 is 2.25 bits per heavy atom. The van der Waals surface area contributed by atoms with Crippen molar-refractivity contribution in [1.82, 2.24) is 5.32 Å². The predicted molar refractivity (Wildman–Crippen MR) is 82.4 cm³/mol. The fourth-order valence-corrected chi connectivity index (χ4v) is 2.78. The number of rotatable bonds is 6. The summed E-state index contributed by atoms with van der Waals surface area (Å²) in [6.45, 7) is 6.20. The fourth-order valence-electron chi connectivity index (χ4n) is 2.78. The average Bonchev–Trinajstić information content (AvgIpc) is 2.48. The normalized spacial score (nSPS) is 20.6. The maximum Gasteiger partial charge on any atom is 0.123 e. The molecule has 0 radical (unpaired) electrons. The lowest BCUT2D eigenvalue weighted by Crippen LogP contribution is -2.27. The molecule has 0 aliphatic carbocycles. The second-order valence-electron chi connectivity index (χ2n) is 5.70. The van der Waals surface area contributed by atoms with Crippen LogP contribution in [-0.2, 0) is 4.74 Å². The lowest BCUT2D eigenvalue weighted by Gasteiger charge is -2.24. The Balaban J connectivity index is 1.83. The number of hydrogen-bond donors (Lipinski definition) is 1.